The Balaban J connectivity index is 2.43. The minimum absolute atomic E-state index is 0.0449. The Bertz CT molecular complexity index is 593. The first-order valence-corrected chi connectivity index (χ1v) is 5.36. The summed E-state index contributed by atoms with van der Waals surface area (Å²) < 4.78 is 18.4. The summed E-state index contributed by atoms with van der Waals surface area (Å²) in [6.45, 7) is 3.98. The van der Waals surface area contributed by atoms with Crippen LogP contribution in [-0.4, -0.2) is 16.1 Å². The fraction of sp³-hybridized carbons (Fsp3) is 0.333. The Kier molecular flexibility index (Phi) is 3.19. The molecule has 5 heteroatoms. The van der Waals surface area contributed by atoms with Crippen molar-refractivity contribution in [1.29, 1.82) is 0 Å². The van der Waals surface area contributed by atoms with Crippen LogP contribution >= 0.6 is 0 Å². The third-order valence-electron chi connectivity index (χ3n) is 2.27. The van der Waals surface area contributed by atoms with Gasteiger partial charge in [0.2, 0.25) is 0 Å². The number of rotatable bonds is 3. The summed E-state index contributed by atoms with van der Waals surface area (Å²) in [7, 11) is 0. The van der Waals surface area contributed by atoms with Crippen molar-refractivity contribution in [2.75, 3.05) is 0 Å². The van der Waals surface area contributed by atoms with Crippen LogP contribution in [0, 0.1) is 5.82 Å². The normalized spacial score (nSPS) is 11.3. The maximum atomic E-state index is 13.0. The van der Waals surface area contributed by atoms with E-state index in [-0.39, 0.29) is 18.3 Å². The molecule has 0 fully saturated rings. The molecule has 0 atom stereocenters. The van der Waals surface area contributed by atoms with Crippen LogP contribution in [0.15, 0.2) is 23.0 Å². The molecule has 0 bridgehead atoms. The number of aromatic amines is 1. The van der Waals surface area contributed by atoms with Gasteiger partial charge in [-0.3, -0.25) is 4.79 Å². The summed E-state index contributed by atoms with van der Waals surface area (Å²) in [5.74, 6) is -0.00636. The van der Waals surface area contributed by atoms with E-state index in [1.165, 1.54) is 18.2 Å². The SMILES string of the molecule is CC(C)OCc1nc2cc(F)ccc2c(=O)[nH]1. The molecule has 0 radical (unpaired) electrons. The van der Waals surface area contributed by atoms with E-state index in [4.69, 9.17) is 4.74 Å². The third-order valence-corrected chi connectivity index (χ3v) is 2.27. The van der Waals surface area contributed by atoms with Gasteiger partial charge in [0.25, 0.3) is 5.56 Å². The van der Waals surface area contributed by atoms with Gasteiger partial charge in [-0.1, -0.05) is 0 Å². The Hall–Kier alpha value is -1.75. The molecule has 17 heavy (non-hydrogen) atoms. The van der Waals surface area contributed by atoms with Crippen molar-refractivity contribution in [1.82, 2.24) is 9.97 Å². The fourth-order valence-electron chi connectivity index (χ4n) is 1.47. The van der Waals surface area contributed by atoms with Crippen molar-refractivity contribution in [3.05, 3.63) is 40.2 Å². The fourth-order valence-corrected chi connectivity index (χ4v) is 1.47. The van der Waals surface area contributed by atoms with Gasteiger partial charge in [-0.15, -0.1) is 0 Å². The Morgan fingerprint density at radius 2 is 2.24 bits per heavy atom. The Morgan fingerprint density at radius 1 is 1.47 bits per heavy atom. The maximum Gasteiger partial charge on any atom is 0.258 e. The second kappa shape index (κ2) is 4.63. The zero-order valence-electron chi connectivity index (χ0n) is 9.66. The van der Waals surface area contributed by atoms with Crippen molar-refractivity contribution in [2.45, 2.75) is 26.6 Å². The molecule has 1 aromatic carbocycles. The summed E-state index contributed by atoms with van der Waals surface area (Å²) in [4.78, 5) is 18.4. The first kappa shape index (κ1) is 11.7. The van der Waals surface area contributed by atoms with Gasteiger partial charge < -0.3 is 9.72 Å². The highest BCUT2D eigenvalue weighted by atomic mass is 19.1. The lowest BCUT2D eigenvalue weighted by Gasteiger charge is -2.07. The van der Waals surface area contributed by atoms with Gasteiger partial charge in [0.1, 0.15) is 18.2 Å². The van der Waals surface area contributed by atoms with Gasteiger partial charge in [0, 0.05) is 6.07 Å². The molecule has 0 aliphatic carbocycles. The topological polar surface area (TPSA) is 55.0 Å². The third kappa shape index (κ3) is 2.68. The number of H-pyrrole nitrogens is 1. The highest BCUT2D eigenvalue weighted by molar-refractivity contribution is 5.77. The number of halogens is 1. The summed E-state index contributed by atoms with van der Waals surface area (Å²) in [6, 6.07) is 3.90. The molecular formula is C12H13FN2O2. The van der Waals surface area contributed by atoms with Crippen molar-refractivity contribution >= 4 is 10.9 Å². The predicted octanol–water partition coefficient (Wildman–Crippen LogP) is 1.99. The summed E-state index contributed by atoms with van der Waals surface area (Å²) in [6.07, 6.45) is 0.0449. The van der Waals surface area contributed by atoms with E-state index >= 15 is 0 Å². The number of nitrogens with zero attached hydrogens (tertiary/aromatic N) is 1. The first-order chi connectivity index (χ1) is 8.06. The quantitative estimate of drug-likeness (QED) is 0.886. The monoisotopic (exact) mass is 236 g/mol. The van der Waals surface area contributed by atoms with E-state index in [1.807, 2.05) is 13.8 Å². The lowest BCUT2D eigenvalue weighted by Crippen LogP contribution is -2.14. The molecule has 0 amide bonds. The summed E-state index contributed by atoms with van der Waals surface area (Å²) >= 11 is 0. The van der Waals surface area contributed by atoms with Crippen molar-refractivity contribution in [3.63, 3.8) is 0 Å². The molecular weight excluding hydrogens is 223 g/mol. The van der Waals surface area contributed by atoms with Crippen LogP contribution < -0.4 is 5.56 Å². The molecule has 1 aromatic heterocycles. The molecule has 0 aliphatic heterocycles. The summed E-state index contributed by atoms with van der Waals surface area (Å²) in [5, 5.41) is 0.375. The molecule has 90 valence electrons. The molecule has 2 rings (SSSR count). The van der Waals surface area contributed by atoms with E-state index in [1.54, 1.807) is 0 Å². The van der Waals surface area contributed by atoms with E-state index < -0.39 is 5.82 Å². The summed E-state index contributed by atoms with van der Waals surface area (Å²) in [5.41, 5.74) is 0.0634. The van der Waals surface area contributed by atoms with Crippen molar-refractivity contribution in [3.8, 4) is 0 Å². The van der Waals surface area contributed by atoms with Crippen LogP contribution in [0.3, 0.4) is 0 Å². The molecule has 2 aromatic rings. The smallest absolute Gasteiger partial charge is 0.258 e. The van der Waals surface area contributed by atoms with Gasteiger partial charge in [-0.2, -0.15) is 0 Å². The van der Waals surface area contributed by atoms with E-state index in [2.05, 4.69) is 9.97 Å². The predicted molar refractivity (Wildman–Crippen MR) is 62.2 cm³/mol. The number of ether oxygens (including phenoxy) is 1. The van der Waals surface area contributed by atoms with Gasteiger partial charge in [-0.25, -0.2) is 9.37 Å². The average Bonchev–Trinajstić information content (AvgIpc) is 2.25. The molecule has 0 saturated heterocycles. The minimum Gasteiger partial charge on any atom is -0.371 e. The number of benzene rings is 1. The molecule has 0 aliphatic rings. The van der Waals surface area contributed by atoms with Crippen LogP contribution in [0.1, 0.15) is 19.7 Å². The zero-order chi connectivity index (χ0) is 12.4. The standard InChI is InChI=1S/C12H13FN2O2/c1-7(2)17-6-11-14-10-5-8(13)3-4-9(10)12(16)15-11/h3-5,7H,6H2,1-2H3,(H,14,15,16). The largest absolute Gasteiger partial charge is 0.371 e. The van der Waals surface area contributed by atoms with Crippen LogP contribution in [0.4, 0.5) is 4.39 Å². The van der Waals surface area contributed by atoms with Gasteiger partial charge in [0.15, 0.2) is 0 Å². The van der Waals surface area contributed by atoms with Crippen LogP contribution in [0.2, 0.25) is 0 Å². The van der Waals surface area contributed by atoms with E-state index in [9.17, 15) is 9.18 Å². The van der Waals surface area contributed by atoms with Crippen LogP contribution in [-0.2, 0) is 11.3 Å². The van der Waals surface area contributed by atoms with Gasteiger partial charge in [0.05, 0.1) is 17.0 Å². The van der Waals surface area contributed by atoms with Crippen LogP contribution in [0.25, 0.3) is 10.9 Å². The highest BCUT2D eigenvalue weighted by Crippen LogP contribution is 2.09. The maximum absolute atomic E-state index is 13.0. The molecule has 0 spiro atoms. The van der Waals surface area contributed by atoms with Gasteiger partial charge >= 0.3 is 0 Å². The van der Waals surface area contributed by atoms with Crippen molar-refractivity contribution in [2.24, 2.45) is 0 Å². The lowest BCUT2D eigenvalue weighted by atomic mass is 10.2. The molecule has 1 N–H and O–H groups in total. The molecule has 0 saturated carbocycles. The lowest BCUT2D eigenvalue weighted by molar-refractivity contribution is 0.0613. The van der Waals surface area contributed by atoms with Crippen molar-refractivity contribution < 1.29 is 9.13 Å². The number of fused-ring (bicyclic) bond motifs is 1. The second-order valence-corrected chi connectivity index (χ2v) is 4.03. The number of hydrogen-bond donors (Lipinski definition) is 1. The van der Waals surface area contributed by atoms with Crippen LogP contribution in [0.5, 0.6) is 0 Å². The molecule has 4 nitrogen and oxygen atoms in total. The highest BCUT2D eigenvalue weighted by Gasteiger charge is 2.05. The van der Waals surface area contributed by atoms with E-state index in [0.29, 0.717) is 16.7 Å². The molecule has 1 heterocycles. The minimum atomic E-state index is -0.411. The molecule has 0 unspecified atom stereocenters. The van der Waals surface area contributed by atoms with E-state index in [0.717, 1.165) is 0 Å². The Morgan fingerprint density at radius 3 is 2.94 bits per heavy atom. The number of nitrogens with one attached hydrogen (secondary N) is 1. The number of aromatic nitrogens is 2. The van der Waals surface area contributed by atoms with Gasteiger partial charge in [-0.05, 0) is 26.0 Å². The first-order valence-electron chi connectivity index (χ1n) is 5.36. The number of hydrogen-bond acceptors (Lipinski definition) is 3. The Labute approximate surface area is 97.5 Å². The average molecular weight is 236 g/mol. The second-order valence-electron chi connectivity index (χ2n) is 4.03. The zero-order valence-corrected chi connectivity index (χ0v) is 9.66.